The summed E-state index contributed by atoms with van der Waals surface area (Å²) in [5, 5.41) is 12.9. The molecule has 4 nitrogen and oxygen atoms in total. The summed E-state index contributed by atoms with van der Waals surface area (Å²) < 4.78 is 14.5. The van der Waals surface area contributed by atoms with E-state index in [2.05, 4.69) is 35.1 Å². The second-order valence-electron chi connectivity index (χ2n) is 12.1. The Morgan fingerprint density at radius 2 is 1.53 bits per heavy atom. The average Bonchev–Trinajstić information content (AvgIpc) is 2.98. The first-order chi connectivity index (χ1) is 19.7. The summed E-state index contributed by atoms with van der Waals surface area (Å²) in [4.78, 5) is 21.2. The van der Waals surface area contributed by atoms with Crippen molar-refractivity contribution in [2.24, 2.45) is 10.8 Å². The van der Waals surface area contributed by atoms with E-state index in [4.69, 9.17) is 0 Å². The van der Waals surface area contributed by atoms with E-state index in [1.165, 1.54) is 6.08 Å². The Kier molecular flexibility index (Phi) is 12.4. The largest absolute Gasteiger partial charge is 0.512 e. The van der Waals surface area contributed by atoms with Crippen molar-refractivity contribution in [1.29, 1.82) is 0 Å². The van der Waals surface area contributed by atoms with Gasteiger partial charge in [0.05, 0.1) is 5.52 Å². The molecule has 4 aromatic rings. The van der Waals surface area contributed by atoms with E-state index in [-0.39, 0.29) is 48.3 Å². The van der Waals surface area contributed by atoms with Gasteiger partial charge in [0.25, 0.3) is 0 Å². The number of aromatic nitrogens is 2. The van der Waals surface area contributed by atoms with Crippen molar-refractivity contribution in [3.8, 4) is 11.3 Å². The number of hydrogen-bond acceptors (Lipinski definition) is 4. The molecule has 0 bridgehead atoms. The number of halogens is 1. The monoisotopic (exact) mass is 762 g/mol. The summed E-state index contributed by atoms with van der Waals surface area (Å²) in [7, 11) is 0. The summed E-state index contributed by atoms with van der Waals surface area (Å²) in [6, 6.07) is 13.5. The third-order valence-electron chi connectivity index (χ3n) is 9.27. The maximum Gasteiger partial charge on any atom is 0.164 e. The van der Waals surface area contributed by atoms with Crippen LogP contribution in [0.3, 0.4) is 0 Å². The predicted molar refractivity (Wildman–Crippen MR) is 173 cm³/mol. The Balaban J connectivity index is 0.000000318. The van der Waals surface area contributed by atoms with Crippen molar-refractivity contribution in [2.75, 3.05) is 0 Å². The number of fused-ring (bicyclic) bond motifs is 3. The molecule has 6 heteroatoms. The topological polar surface area (TPSA) is 63.1 Å². The number of carbonyl (C=O) groups excluding carboxylic acids is 1. The van der Waals surface area contributed by atoms with Crippen LogP contribution in [-0.2, 0) is 24.9 Å². The van der Waals surface area contributed by atoms with Crippen molar-refractivity contribution >= 4 is 27.5 Å². The summed E-state index contributed by atoms with van der Waals surface area (Å²) >= 11 is 0. The number of allylic oxidation sites excluding steroid dienone is 2. The minimum atomic E-state index is -0.337. The van der Waals surface area contributed by atoms with Crippen molar-refractivity contribution in [1.82, 2.24) is 9.97 Å². The second kappa shape index (κ2) is 14.7. The number of aryl methyl sites for hydroxylation is 4. The number of ketones is 1. The zero-order chi connectivity index (χ0) is 31.4. The summed E-state index contributed by atoms with van der Waals surface area (Å²) in [6.45, 7) is 19.8. The molecule has 4 rings (SSSR count). The van der Waals surface area contributed by atoms with Gasteiger partial charge in [-0.05, 0) is 73.2 Å². The van der Waals surface area contributed by atoms with E-state index in [1.54, 1.807) is 13.3 Å². The van der Waals surface area contributed by atoms with E-state index in [9.17, 15) is 14.3 Å². The van der Waals surface area contributed by atoms with Crippen molar-refractivity contribution < 1.29 is 34.4 Å². The predicted octanol–water partition coefficient (Wildman–Crippen LogP) is 10.3. The minimum absolute atomic E-state index is 0. The Hall–Kier alpha value is -2.95. The van der Waals surface area contributed by atoms with E-state index in [0.717, 1.165) is 69.7 Å². The fraction of sp³-hybridized carbons (Fsp3) is 0.432. The zero-order valence-corrected chi connectivity index (χ0v) is 29.7. The van der Waals surface area contributed by atoms with Gasteiger partial charge in [0.1, 0.15) is 17.9 Å². The smallest absolute Gasteiger partial charge is 0.164 e. The molecule has 0 saturated heterocycles. The molecule has 0 aliphatic heterocycles. The van der Waals surface area contributed by atoms with Gasteiger partial charge in [-0.2, -0.15) is 0 Å². The molecule has 0 atom stereocenters. The van der Waals surface area contributed by atoms with E-state index in [1.807, 2.05) is 73.6 Å². The molecule has 0 aliphatic carbocycles. The normalized spacial score (nSPS) is 12.1. The molecule has 0 spiro atoms. The maximum atomic E-state index is 14.5. The van der Waals surface area contributed by atoms with Crippen LogP contribution in [0.2, 0.25) is 0 Å². The Morgan fingerprint density at radius 1 is 0.930 bits per heavy atom. The number of aliphatic hydroxyl groups excluding tert-OH is 1. The zero-order valence-electron chi connectivity index (χ0n) is 27.3. The summed E-state index contributed by atoms with van der Waals surface area (Å²) in [6.07, 6.45) is 6.31. The molecule has 3 aromatic carbocycles. The van der Waals surface area contributed by atoms with Crippen LogP contribution in [0, 0.1) is 50.4 Å². The first-order valence-corrected chi connectivity index (χ1v) is 15.0. The van der Waals surface area contributed by atoms with Gasteiger partial charge in [-0.15, -0.1) is 34.9 Å². The summed E-state index contributed by atoms with van der Waals surface area (Å²) in [5.74, 6) is 0.117. The van der Waals surface area contributed by atoms with Crippen LogP contribution in [-0.4, -0.2) is 20.9 Å². The molecule has 1 radical (unpaired) electrons. The van der Waals surface area contributed by atoms with Crippen molar-refractivity contribution in [2.45, 2.75) is 94.9 Å². The number of hydrogen-bond donors (Lipinski definition) is 1. The van der Waals surface area contributed by atoms with Crippen LogP contribution in [0.4, 0.5) is 4.39 Å². The van der Waals surface area contributed by atoms with Gasteiger partial charge in [0.2, 0.25) is 0 Å². The van der Waals surface area contributed by atoms with Crippen LogP contribution < -0.4 is 0 Å². The van der Waals surface area contributed by atoms with Crippen LogP contribution in [0.25, 0.3) is 32.9 Å². The third-order valence-corrected chi connectivity index (χ3v) is 9.27. The molecule has 43 heavy (non-hydrogen) atoms. The number of carbonyl (C=O) groups is 1. The fourth-order valence-electron chi connectivity index (χ4n) is 5.28. The Labute approximate surface area is 270 Å². The van der Waals surface area contributed by atoms with Gasteiger partial charge in [0, 0.05) is 42.4 Å². The standard InChI is InChI=1S/C22H18FN2.C15H28O2.Ir/c1-12-7-13(2)9-17(8-12)21-18-6-5-16-10-14(3)20(23)15(4)19(16)22(18)25-11-24-21;1-7-14(5,8-2)12(16)11-13(17)15(6,9-3)10-4;/h5-8,10-11H,1-4H3;11,16H,7-10H2,1-6H3;/q-1;;/b;12-11-;. The molecule has 0 fully saturated rings. The van der Waals surface area contributed by atoms with Crippen LogP contribution in [0.1, 0.15) is 89.5 Å². The van der Waals surface area contributed by atoms with Gasteiger partial charge >= 0.3 is 0 Å². The van der Waals surface area contributed by atoms with Gasteiger partial charge in [-0.1, -0.05) is 67.5 Å². The maximum absolute atomic E-state index is 14.5. The average molecular weight is 762 g/mol. The molecule has 1 aromatic heterocycles. The van der Waals surface area contributed by atoms with Gasteiger partial charge in [0.15, 0.2) is 5.78 Å². The van der Waals surface area contributed by atoms with Crippen molar-refractivity contribution in [3.05, 3.63) is 82.6 Å². The first kappa shape index (κ1) is 36.2. The minimum Gasteiger partial charge on any atom is -0.512 e. The third kappa shape index (κ3) is 7.59. The molecule has 1 N–H and O–H groups in total. The van der Waals surface area contributed by atoms with Crippen molar-refractivity contribution in [3.63, 3.8) is 0 Å². The molecule has 0 unspecified atom stereocenters. The molecule has 0 aliphatic rings. The molecule has 1 heterocycles. The SMILES string of the molecule is CCC(C)(CC)C(=O)/C=C(\O)C(C)(CC)CC.Cc1[c-]c(-c2ncnc3c2ccc2cc(C)c(F)c(C)c23)cc(C)c1.[Ir]. The summed E-state index contributed by atoms with van der Waals surface area (Å²) in [5.41, 5.74) is 5.47. The quantitative estimate of drug-likeness (QED) is 0.0841. The fourth-order valence-corrected chi connectivity index (χ4v) is 5.28. The number of aliphatic hydroxyl groups is 1. The van der Waals surface area contributed by atoms with Crippen LogP contribution in [0.5, 0.6) is 0 Å². The molecular formula is C37H46FIrN2O2-. The molecule has 233 valence electrons. The second-order valence-corrected chi connectivity index (χ2v) is 12.1. The first-order valence-electron chi connectivity index (χ1n) is 15.0. The van der Waals surface area contributed by atoms with Crippen LogP contribution in [0.15, 0.2) is 48.5 Å². The Morgan fingerprint density at radius 3 is 2.09 bits per heavy atom. The van der Waals surface area contributed by atoms with E-state index in [0.29, 0.717) is 11.1 Å². The van der Waals surface area contributed by atoms with Gasteiger partial charge < -0.3 is 5.11 Å². The molecular weight excluding hydrogens is 716 g/mol. The molecule has 0 saturated carbocycles. The van der Waals surface area contributed by atoms with Gasteiger partial charge in [-0.3, -0.25) is 9.78 Å². The number of benzene rings is 3. The number of nitrogens with zero attached hydrogens (tertiary/aromatic N) is 2. The molecule has 0 amide bonds. The number of rotatable bonds is 8. The van der Waals surface area contributed by atoms with E-state index < -0.39 is 0 Å². The Bertz CT molecular complexity index is 1620. The van der Waals surface area contributed by atoms with E-state index >= 15 is 0 Å². The van der Waals surface area contributed by atoms with Crippen LogP contribution >= 0.6 is 0 Å². The van der Waals surface area contributed by atoms with Gasteiger partial charge in [-0.25, -0.2) is 9.37 Å².